The van der Waals surface area contributed by atoms with Crippen LogP contribution in [0.25, 0.3) is 0 Å². The van der Waals surface area contributed by atoms with Crippen molar-refractivity contribution in [2.75, 3.05) is 11.1 Å². The quantitative estimate of drug-likeness (QED) is 0.591. The Balaban J connectivity index is 1.45. The van der Waals surface area contributed by atoms with E-state index in [1.807, 2.05) is 31.2 Å². The number of halogens is 1. The molecule has 0 aliphatic carbocycles. The third-order valence-electron chi connectivity index (χ3n) is 3.58. The molecule has 144 valence electrons. The average Bonchev–Trinajstić information content (AvgIpc) is 3.13. The van der Waals surface area contributed by atoms with Crippen LogP contribution in [0.5, 0.6) is 0 Å². The standard InChI is InChI=1S/C19H17FN4O3S/c1-12-3-2-4-15(9-12)22-16(25)11-28-19-24-23-17(27-19)10-21-18(26)13-5-7-14(20)8-6-13/h2-9H,10-11H2,1H3,(H,21,26)(H,22,25). The Morgan fingerprint density at radius 1 is 1.14 bits per heavy atom. The number of nitrogens with zero attached hydrogens (tertiary/aromatic N) is 2. The van der Waals surface area contributed by atoms with Gasteiger partial charge < -0.3 is 15.1 Å². The van der Waals surface area contributed by atoms with Gasteiger partial charge >= 0.3 is 0 Å². The predicted octanol–water partition coefficient (Wildman–Crippen LogP) is 3.18. The fourth-order valence-electron chi connectivity index (χ4n) is 2.27. The summed E-state index contributed by atoms with van der Waals surface area (Å²) in [6, 6.07) is 12.7. The normalized spacial score (nSPS) is 10.5. The Hall–Kier alpha value is -3.20. The molecule has 7 nitrogen and oxygen atoms in total. The molecule has 0 radical (unpaired) electrons. The van der Waals surface area contributed by atoms with E-state index in [-0.39, 0.29) is 35.2 Å². The molecule has 0 fully saturated rings. The van der Waals surface area contributed by atoms with Crippen LogP contribution in [0.1, 0.15) is 21.8 Å². The van der Waals surface area contributed by atoms with Gasteiger partial charge in [-0.2, -0.15) is 0 Å². The zero-order valence-corrected chi connectivity index (χ0v) is 15.8. The first-order chi connectivity index (χ1) is 13.5. The van der Waals surface area contributed by atoms with Crippen LogP contribution in [-0.2, 0) is 11.3 Å². The number of amides is 2. The highest BCUT2D eigenvalue weighted by molar-refractivity contribution is 7.99. The number of rotatable bonds is 7. The lowest BCUT2D eigenvalue weighted by molar-refractivity contribution is -0.113. The average molecular weight is 400 g/mol. The van der Waals surface area contributed by atoms with Gasteiger partial charge in [0.2, 0.25) is 11.8 Å². The van der Waals surface area contributed by atoms with Gasteiger partial charge in [-0.15, -0.1) is 10.2 Å². The Bertz CT molecular complexity index is 975. The van der Waals surface area contributed by atoms with Gasteiger partial charge in [-0.05, 0) is 48.9 Å². The predicted molar refractivity (Wildman–Crippen MR) is 102 cm³/mol. The van der Waals surface area contributed by atoms with E-state index in [2.05, 4.69) is 20.8 Å². The molecule has 0 spiro atoms. The molecule has 2 aromatic carbocycles. The molecule has 28 heavy (non-hydrogen) atoms. The molecule has 0 bridgehead atoms. The number of anilines is 1. The summed E-state index contributed by atoms with van der Waals surface area (Å²) in [5, 5.41) is 13.3. The Labute approximate surface area is 164 Å². The molecule has 0 aliphatic rings. The van der Waals surface area contributed by atoms with Crippen molar-refractivity contribution in [2.45, 2.75) is 18.7 Å². The van der Waals surface area contributed by atoms with E-state index in [9.17, 15) is 14.0 Å². The second-order valence-corrected chi connectivity index (χ2v) is 6.78. The largest absolute Gasteiger partial charge is 0.414 e. The van der Waals surface area contributed by atoms with Gasteiger partial charge in [0.05, 0.1) is 12.3 Å². The number of hydrogen-bond acceptors (Lipinski definition) is 6. The summed E-state index contributed by atoms with van der Waals surface area (Å²) in [5.74, 6) is -0.680. The van der Waals surface area contributed by atoms with Crippen molar-refractivity contribution in [1.29, 1.82) is 0 Å². The van der Waals surface area contributed by atoms with Crippen LogP contribution in [0.4, 0.5) is 10.1 Å². The fraction of sp³-hybridized carbons (Fsp3) is 0.158. The van der Waals surface area contributed by atoms with Gasteiger partial charge in [0.25, 0.3) is 11.1 Å². The lowest BCUT2D eigenvalue weighted by Gasteiger charge is -2.04. The molecule has 3 aromatic rings. The molecule has 0 aliphatic heterocycles. The molecule has 0 atom stereocenters. The highest BCUT2D eigenvalue weighted by Gasteiger charge is 2.12. The molecular weight excluding hydrogens is 383 g/mol. The van der Waals surface area contributed by atoms with E-state index in [1.165, 1.54) is 24.3 Å². The van der Waals surface area contributed by atoms with E-state index < -0.39 is 5.82 Å². The lowest BCUT2D eigenvalue weighted by atomic mass is 10.2. The summed E-state index contributed by atoms with van der Waals surface area (Å²) in [5.41, 5.74) is 2.10. The lowest BCUT2D eigenvalue weighted by Crippen LogP contribution is -2.22. The summed E-state index contributed by atoms with van der Waals surface area (Å²) in [6.07, 6.45) is 0. The van der Waals surface area contributed by atoms with Crippen LogP contribution >= 0.6 is 11.8 Å². The zero-order chi connectivity index (χ0) is 19.9. The van der Waals surface area contributed by atoms with Crippen LogP contribution in [0.2, 0.25) is 0 Å². The van der Waals surface area contributed by atoms with Crippen molar-refractivity contribution in [3.8, 4) is 0 Å². The molecule has 2 amide bonds. The Morgan fingerprint density at radius 3 is 2.68 bits per heavy atom. The molecule has 1 heterocycles. The number of thioether (sulfide) groups is 1. The van der Waals surface area contributed by atoms with Crippen molar-refractivity contribution < 1.29 is 18.4 Å². The van der Waals surface area contributed by atoms with Gasteiger partial charge in [0, 0.05) is 11.3 Å². The highest BCUT2D eigenvalue weighted by Crippen LogP contribution is 2.17. The molecule has 1 aromatic heterocycles. The minimum Gasteiger partial charge on any atom is -0.414 e. The molecule has 3 rings (SSSR count). The van der Waals surface area contributed by atoms with Crippen molar-refractivity contribution in [1.82, 2.24) is 15.5 Å². The van der Waals surface area contributed by atoms with E-state index in [0.29, 0.717) is 5.56 Å². The van der Waals surface area contributed by atoms with Crippen LogP contribution in [0, 0.1) is 12.7 Å². The Kier molecular flexibility index (Phi) is 6.38. The highest BCUT2D eigenvalue weighted by atomic mass is 32.2. The monoisotopic (exact) mass is 400 g/mol. The van der Waals surface area contributed by atoms with Crippen LogP contribution in [0.15, 0.2) is 58.2 Å². The summed E-state index contributed by atoms with van der Waals surface area (Å²) < 4.78 is 18.3. The van der Waals surface area contributed by atoms with Crippen LogP contribution in [0.3, 0.4) is 0 Å². The van der Waals surface area contributed by atoms with E-state index in [4.69, 9.17) is 4.42 Å². The van der Waals surface area contributed by atoms with Crippen molar-refractivity contribution in [3.63, 3.8) is 0 Å². The number of benzene rings is 2. The number of carbonyl (C=O) groups excluding carboxylic acids is 2. The van der Waals surface area contributed by atoms with Gasteiger partial charge in [-0.25, -0.2) is 4.39 Å². The molecule has 9 heteroatoms. The number of aryl methyl sites for hydroxylation is 1. The van der Waals surface area contributed by atoms with E-state index in [1.54, 1.807) is 0 Å². The summed E-state index contributed by atoms with van der Waals surface area (Å²) >= 11 is 1.10. The third-order valence-corrected chi connectivity index (χ3v) is 4.40. The van der Waals surface area contributed by atoms with Crippen molar-refractivity contribution in [2.24, 2.45) is 0 Å². The van der Waals surface area contributed by atoms with Crippen molar-refractivity contribution in [3.05, 3.63) is 71.4 Å². The summed E-state index contributed by atoms with van der Waals surface area (Å²) in [7, 11) is 0. The number of aromatic nitrogens is 2. The van der Waals surface area contributed by atoms with Gasteiger partial charge in [0.1, 0.15) is 5.82 Å². The minimum atomic E-state index is -0.415. The summed E-state index contributed by atoms with van der Waals surface area (Å²) in [4.78, 5) is 24.0. The second-order valence-electron chi connectivity index (χ2n) is 5.86. The SMILES string of the molecule is Cc1cccc(NC(=O)CSc2nnc(CNC(=O)c3ccc(F)cc3)o2)c1. The number of carbonyl (C=O) groups is 2. The van der Waals surface area contributed by atoms with Crippen LogP contribution in [-0.4, -0.2) is 27.8 Å². The maximum atomic E-state index is 12.9. The zero-order valence-electron chi connectivity index (χ0n) is 14.9. The van der Waals surface area contributed by atoms with Gasteiger partial charge in [-0.3, -0.25) is 9.59 Å². The third kappa shape index (κ3) is 5.65. The number of nitrogens with one attached hydrogen (secondary N) is 2. The Morgan fingerprint density at radius 2 is 1.93 bits per heavy atom. The molecule has 0 unspecified atom stereocenters. The molecule has 0 saturated heterocycles. The maximum Gasteiger partial charge on any atom is 0.277 e. The minimum absolute atomic E-state index is 0.0270. The second kappa shape index (κ2) is 9.14. The van der Waals surface area contributed by atoms with E-state index in [0.717, 1.165) is 23.0 Å². The van der Waals surface area contributed by atoms with Gasteiger partial charge in [-0.1, -0.05) is 23.9 Å². The topological polar surface area (TPSA) is 97.1 Å². The first-order valence-electron chi connectivity index (χ1n) is 8.35. The smallest absolute Gasteiger partial charge is 0.277 e. The van der Waals surface area contributed by atoms with Gasteiger partial charge in [0.15, 0.2) is 0 Å². The number of hydrogen-bond donors (Lipinski definition) is 2. The summed E-state index contributed by atoms with van der Waals surface area (Å²) in [6.45, 7) is 1.97. The molecule has 2 N–H and O–H groups in total. The molecular formula is C19H17FN4O3S. The fourth-order valence-corrected chi connectivity index (χ4v) is 2.85. The first-order valence-corrected chi connectivity index (χ1v) is 9.33. The maximum absolute atomic E-state index is 12.9. The molecule has 0 saturated carbocycles. The van der Waals surface area contributed by atoms with Crippen LogP contribution < -0.4 is 10.6 Å². The van der Waals surface area contributed by atoms with Crippen molar-refractivity contribution >= 4 is 29.3 Å². The van der Waals surface area contributed by atoms with E-state index >= 15 is 0 Å². The first kappa shape index (κ1) is 19.6.